The summed E-state index contributed by atoms with van der Waals surface area (Å²) in [7, 11) is 0. The topological polar surface area (TPSA) is 55.1 Å². The Balaban J connectivity index is 0.00000256. The highest BCUT2D eigenvalue weighted by atomic mass is 35.5. The molecule has 0 saturated heterocycles. The van der Waals surface area contributed by atoms with Crippen LogP contribution in [0.5, 0.6) is 0 Å². The zero-order chi connectivity index (χ0) is 12.3. The molecule has 3 nitrogen and oxygen atoms in total. The summed E-state index contributed by atoms with van der Waals surface area (Å²) in [4.78, 5) is 11.6. The molecule has 0 aliphatic rings. The lowest BCUT2D eigenvalue weighted by Gasteiger charge is -2.24. The van der Waals surface area contributed by atoms with Gasteiger partial charge >= 0.3 is 0 Å². The van der Waals surface area contributed by atoms with Crippen LogP contribution in [0.4, 0.5) is 8.78 Å². The second-order valence-electron chi connectivity index (χ2n) is 4.17. The van der Waals surface area contributed by atoms with Gasteiger partial charge in [-0.05, 0) is 32.0 Å². The lowest BCUT2D eigenvalue weighted by Crippen LogP contribution is -2.49. The summed E-state index contributed by atoms with van der Waals surface area (Å²) in [5, 5.41) is 2.52. The SMILES string of the molecule is CC(C)(CN)NC(=O)c1cc(F)ccc1F.Cl. The Kier molecular flexibility index (Phi) is 5.51. The fraction of sp³-hybridized carbons (Fsp3) is 0.364. The van der Waals surface area contributed by atoms with Crippen LogP contribution in [0.15, 0.2) is 18.2 Å². The zero-order valence-corrected chi connectivity index (χ0v) is 10.4. The lowest BCUT2D eigenvalue weighted by molar-refractivity contribution is 0.0911. The first-order chi connectivity index (χ1) is 7.35. The van der Waals surface area contributed by atoms with Crippen molar-refractivity contribution in [3.05, 3.63) is 35.4 Å². The van der Waals surface area contributed by atoms with Crippen LogP contribution in [0, 0.1) is 11.6 Å². The summed E-state index contributed by atoms with van der Waals surface area (Å²) < 4.78 is 26.1. The molecule has 1 rings (SSSR count). The van der Waals surface area contributed by atoms with Crippen LogP contribution in [0.25, 0.3) is 0 Å². The maximum Gasteiger partial charge on any atom is 0.254 e. The van der Waals surface area contributed by atoms with E-state index in [1.165, 1.54) is 0 Å². The molecule has 0 heterocycles. The smallest absolute Gasteiger partial charge is 0.254 e. The Morgan fingerprint density at radius 1 is 1.41 bits per heavy atom. The van der Waals surface area contributed by atoms with Crippen LogP contribution < -0.4 is 11.1 Å². The molecule has 6 heteroatoms. The number of halogens is 3. The number of rotatable bonds is 3. The van der Waals surface area contributed by atoms with E-state index in [9.17, 15) is 13.6 Å². The van der Waals surface area contributed by atoms with Crippen molar-refractivity contribution in [3.8, 4) is 0 Å². The van der Waals surface area contributed by atoms with E-state index in [1.807, 2.05) is 0 Å². The highest BCUT2D eigenvalue weighted by Gasteiger charge is 2.21. The molecule has 96 valence electrons. The molecule has 0 saturated carbocycles. The van der Waals surface area contributed by atoms with Crippen molar-refractivity contribution in [2.45, 2.75) is 19.4 Å². The Bertz CT molecular complexity index is 410. The van der Waals surface area contributed by atoms with Gasteiger partial charge in [-0.25, -0.2) is 8.78 Å². The number of nitrogens with one attached hydrogen (secondary N) is 1. The molecule has 1 aromatic rings. The number of hydrogen-bond acceptors (Lipinski definition) is 2. The van der Waals surface area contributed by atoms with Crippen molar-refractivity contribution in [1.82, 2.24) is 5.32 Å². The maximum atomic E-state index is 13.2. The molecule has 1 amide bonds. The molecule has 3 N–H and O–H groups in total. The van der Waals surface area contributed by atoms with E-state index in [2.05, 4.69) is 5.32 Å². The van der Waals surface area contributed by atoms with Gasteiger partial charge in [-0.1, -0.05) is 0 Å². The lowest BCUT2D eigenvalue weighted by atomic mass is 10.1. The third-order valence-electron chi connectivity index (χ3n) is 2.14. The minimum atomic E-state index is -0.758. The number of carbonyl (C=O) groups is 1. The quantitative estimate of drug-likeness (QED) is 0.875. The minimum absolute atomic E-state index is 0. The van der Waals surface area contributed by atoms with Crippen molar-refractivity contribution >= 4 is 18.3 Å². The molecule has 0 radical (unpaired) electrons. The van der Waals surface area contributed by atoms with E-state index in [4.69, 9.17) is 5.73 Å². The first kappa shape index (κ1) is 15.8. The molecular formula is C11H15ClF2N2O. The molecule has 0 bridgehead atoms. The molecule has 0 fully saturated rings. The van der Waals surface area contributed by atoms with Gasteiger partial charge in [0.05, 0.1) is 5.56 Å². The minimum Gasteiger partial charge on any atom is -0.346 e. The van der Waals surface area contributed by atoms with Crippen LogP contribution >= 0.6 is 12.4 Å². The van der Waals surface area contributed by atoms with E-state index in [-0.39, 0.29) is 24.5 Å². The number of benzene rings is 1. The van der Waals surface area contributed by atoms with Gasteiger partial charge in [0.25, 0.3) is 5.91 Å². The standard InChI is InChI=1S/C11H14F2N2O.ClH/c1-11(2,6-14)15-10(16)8-5-7(12)3-4-9(8)13;/h3-5H,6,14H2,1-2H3,(H,15,16);1H. The fourth-order valence-electron chi connectivity index (χ4n) is 1.10. The summed E-state index contributed by atoms with van der Waals surface area (Å²) in [5.41, 5.74) is 4.44. The first-order valence-corrected chi connectivity index (χ1v) is 4.83. The van der Waals surface area contributed by atoms with Crippen LogP contribution in [-0.4, -0.2) is 18.0 Å². The summed E-state index contributed by atoms with van der Waals surface area (Å²) in [6, 6.07) is 2.73. The number of carbonyl (C=O) groups excluding carboxylic acids is 1. The highest BCUT2D eigenvalue weighted by Crippen LogP contribution is 2.11. The van der Waals surface area contributed by atoms with Gasteiger partial charge in [-0.15, -0.1) is 12.4 Å². The molecule has 0 atom stereocenters. The predicted molar refractivity (Wildman–Crippen MR) is 64.2 cm³/mol. The Morgan fingerprint density at radius 2 is 2.00 bits per heavy atom. The first-order valence-electron chi connectivity index (χ1n) is 4.83. The predicted octanol–water partition coefficient (Wildman–Crippen LogP) is 1.85. The summed E-state index contributed by atoms with van der Waals surface area (Å²) in [5.74, 6) is -2.09. The number of hydrogen-bond donors (Lipinski definition) is 2. The van der Waals surface area contributed by atoms with Crippen LogP contribution in [0.3, 0.4) is 0 Å². The Morgan fingerprint density at radius 3 is 2.53 bits per heavy atom. The second kappa shape index (κ2) is 5.93. The number of nitrogens with two attached hydrogens (primary N) is 1. The fourth-order valence-corrected chi connectivity index (χ4v) is 1.10. The van der Waals surface area contributed by atoms with Crippen molar-refractivity contribution < 1.29 is 13.6 Å². The maximum absolute atomic E-state index is 13.2. The van der Waals surface area contributed by atoms with Gasteiger partial charge < -0.3 is 11.1 Å². The molecule has 0 spiro atoms. The molecule has 0 aliphatic heterocycles. The van der Waals surface area contributed by atoms with Crippen LogP contribution in [0.1, 0.15) is 24.2 Å². The van der Waals surface area contributed by atoms with Crippen LogP contribution in [-0.2, 0) is 0 Å². The van der Waals surface area contributed by atoms with E-state index < -0.39 is 23.1 Å². The molecule has 0 aliphatic carbocycles. The Hall–Kier alpha value is -1.20. The van der Waals surface area contributed by atoms with Gasteiger partial charge in [-0.3, -0.25) is 4.79 Å². The normalized spacial score (nSPS) is 10.6. The second-order valence-corrected chi connectivity index (χ2v) is 4.17. The van der Waals surface area contributed by atoms with Crippen molar-refractivity contribution in [2.24, 2.45) is 5.73 Å². The van der Waals surface area contributed by atoms with E-state index in [1.54, 1.807) is 13.8 Å². The third kappa shape index (κ3) is 4.28. The molecule has 1 aromatic carbocycles. The highest BCUT2D eigenvalue weighted by molar-refractivity contribution is 5.94. The van der Waals surface area contributed by atoms with Gasteiger partial charge in [0.15, 0.2) is 0 Å². The monoisotopic (exact) mass is 264 g/mol. The average molecular weight is 265 g/mol. The van der Waals surface area contributed by atoms with E-state index in [0.29, 0.717) is 0 Å². The van der Waals surface area contributed by atoms with E-state index in [0.717, 1.165) is 18.2 Å². The summed E-state index contributed by atoms with van der Waals surface area (Å²) >= 11 is 0. The van der Waals surface area contributed by atoms with Crippen LogP contribution in [0.2, 0.25) is 0 Å². The molecule has 0 aromatic heterocycles. The van der Waals surface area contributed by atoms with Gasteiger partial charge in [0, 0.05) is 12.1 Å². The average Bonchev–Trinajstić information content (AvgIpc) is 2.21. The van der Waals surface area contributed by atoms with Gasteiger partial charge in [-0.2, -0.15) is 0 Å². The Labute approximate surface area is 105 Å². The molecular weight excluding hydrogens is 250 g/mol. The number of amides is 1. The summed E-state index contributed by atoms with van der Waals surface area (Å²) in [6.45, 7) is 3.60. The van der Waals surface area contributed by atoms with Gasteiger partial charge in [0.1, 0.15) is 11.6 Å². The van der Waals surface area contributed by atoms with Crippen molar-refractivity contribution in [3.63, 3.8) is 0 Å². The van der Waals surface area contributed by atoms with Gasteiger partial charge in [0.2, 0.25) is 0 Å². The molecule has 0 unspecified atom stereocenters. The third-order valence-corrected chi connectivity index (χ3v) is 2.14. The zero-order valence-electron chi connectivity index (χ0n) is 9.59. The largest absolute Gasteiger partial charge is 0.346 e. The van der Waals surface area contributed by atoms with Crippen molar-refractivity contribution in [2.75, 3.05) is 6.54 Å². The molecule has 17 heavy (non-hydrogen) atoms. The van der Waals surface area contributed by atoms with E-state index >= 15 is 0 Å². The van der Waals surface area contributed by atoms with Crippen molar-refractivity contribution in [1.29, 1.82) is 0 Å². The summed E-state index contributed by atoms with van der Waals surface area (Å²) in [6.07, 6.45) is 0.